The lowest BCUT2D eigenvalue weighted by molar-refractivity contribution is 0.322. The van der Waals surface area contributed by atoms with E-state index in [-0.39, 0.29) is 5.82 Å². The fraction of sp³-hybridized carbons (Fsp3) is 0.462. The Morgan fingerprint density at radius 1 is 1.35 bits per heavy atom. The van der Waals surface area contributed by atoms with Crippen molar-refractivity contribution in [3.8, 4) is 0 Å². The first kappa shape index (κ1) is 10.7. The number of rotatable bonds is 2. The van der Waals surface area contributed by atoms with E-state index in [1.54, 1.807) is 12.1 Å². The largest absolute Gasteiger partial charge is 0.317 e. The average Bonchev–Trinajstić information content (AvgIpc) is 2.71. The van der Waals surface area contributed by atoms with Gasteiger partial charge in [0.05, 0.1) is 5.52 Å². The molecule has 17 heavy (non-hydrogen) atoms. The number of halogens is 1. The van der Waals surface area contributed by atoms with Crippen LogP contribution in [0.5, 0.6) is 0 Å². The number of nitrogens with zero attached hydrogens (tertiary/aromatic N) is 2. The number of aromatic nitrogens is 2. The molecule has 1 saturated heterocycles. The van der Waals surface area contributed by atoms with Gasteiger partial charge in [-0.25, -0.2) is 4.39 Å². The molecule has 0 amide bonds. The molecule has 1 N–H and O–H groups in total. The van der Waals surface area contributed by atoms with Crippen molar-refractivity contribution in [2.45, 2.75) is 19.4 Å². The summed E-state index contributed by atoms with van der Waals surface area (Å²) in [5, 5.41) is 8.72. The van der Waals surface area contributed by atoms with E-state index in [1.807, 2.05) is 10.9 Å². The minimum Gasteiger partial charge on any atom is -0.317 e. The van der Waals surface area contributed by atoms with Gasteiger partial charge in [0, 0.05) is 18.1 Å². The molecule has 1 aromatic carbocycles. The minimum atomic E-state index is -0.195. The van der Waals surface area contributed by atoms with Crippen molar-refractivity contribution >= 4 is 10.9 Å². The van der Waals surface area contributed by atoms with Crippen LogP contribution in [0.3, 0.4) is 0 Å². The Balaban J connectivity index is 1.80. The molecule has 3 nitrogen and oxygen atoms in total. The number of hydrogen-bond donors (Lipinski definition) is 1. The summed E-state index contributed by atoms with van der Waals surface area (Å²) in [5.74, 6) is 0.495. The fourth-order valence-corrected chi connectivity index (χ4v) is 2.47. The zero-order valence-electron chi connectivity index (χ0n) is 9.69. The summed E-state index contributed by atoms with van der Waals surface area (Å²) in [6, 6.07) is 4.75. The van der Waals surface area contributed by atoms with Crippen molar-refractivity contribution < 1.29 is 4.39 Å². The van der Waals surface area contributed by atoms with Crippen LogP contribution in [-0.4, -0.2) is 22.9 Å². The molecule has 1 fully saturated rings. The van der Waals surface area contributed by atoms with E-state index in [9.17, 15) is 4.39 Å². The Morgan fingerprint density at radius 2 is 2.18 bits per heavy atom. The zero-order valence-corrected chi connectivity index (χ0v) is 9.69. The van der Waals surface area contributed by atoms with E-state index in [2.05, 4.69) is 10.4 Å². The van der Waals surface area contributed by atoms with Crippen LogP contribution in [0.25, 0.3) is 10.9 Å². The predicted molar refractivity (Wildman–Crippen MR) is 65.3 cm³/mol. The number of hydrogen-bond acceptors (Lipinski definition) is 2. The van der Waals surface area contributed by atoms with E-state index in [0.717, 1.165) is 30.5 Å². The molecule has 0 unspecified atom stereocenters. The van der Waals surface area contributed by atoms with Gasteiger partial charge < -0.3 is 5.32 Å². The molecule has 1 aromatic heterocycles. The second-order valence-corrected chi connectivity index (χ2v) is 4.75. The molecule has 0 spiro atoms. The Morgan fingerprint density at radius 3 is 3.00 bits per heavy atom. The normalized spacial score (nSPS) is 17.7. The van der Waals surface area contributed by atoms with E-state index in [4.69, 9.17) is 0 Å². The van der Waals surface area contributed by atoms with Gasteiger partial charge in [0.25, 0.3) is 0 Å². The summed E-state index contributed by atoms with van der Waals surface area (Å²) in [7, 11) is 0. The number of nitrogens with one attached hydrogen (secondary N) is 1. The van der Waals surface area contributed by atoms with E-state index in [0.29, 0.717) is 5.92 Å². The molecule has 90 valence electrons. The first-order chi connectivity index (χ1) is 8.31. The van der Waals surface area contributed by atoms with Crippen molar-refractivity contribution in [3.63, 3.8) is 0 Å². The Kier molecular flexibility index (Phi) is 2.81. The van der Waals surface area contributed by atoms with E-state index < -0.39 is 0 Å². The molecule has 0 saturated carbocycles. The lowest BCUT2D eigenvalue weighted by atomic mass is 9.98. The molecule has 0 radical (unpaired) electrons. The SMILES string of the molecule is Fc1ccc2nn(CC3CCNCC3)cc2c1. The summed E-state index contributed by atoms with van der Waals surface area (Å²) >= 11 is 0. The predicted octanol–water partition coefficient (Wildman–Crippen LogP) is 2.17. The van der Waals surface area contributed by atoms with Crippen molar-refractivity contribution in [3.05, 3.63) is 30.2 Å². The van der Waals surface area contributed by atoms with Gasteiger partial charge in [-0.15, -0.1) is 0 Å². The molecular formula is C13H16FN3. The van der Waals surface area contributed by atoms with Gasteiger partial charge in [-0.05, 0) is 50.0 Å². The lowest BCUT2D eigenvalue weighted by Crippen LogP contribution is -2.29. The molecule has 0 aliphatic carbocycles. The molecular weight excluding hydrogens is 217 g/mol. The van der Waals surface area contributed by atoms with Crippen molar-refractivity contribution in [1.82, 2.24) is 15.1 Å². The highest BCUT2D eigenvalue weighted by Crippen LogP contribution is 2.17. The lowest BCUT2D eigenvalue weighted by Gasteiger charge is -2.22. The van der Waals surface area contributed by atoms with Crippen LogP contribution in [0.4, 0.5) is 4.39 Å². The zero-order chi connectivity index (χ0) is 11.7. The van der Waals surface area contributed by atoms with Crippen LogP contribution in [0.1, 0.15) is 12.8 Å². The maximum absolute atomic E-state index is 13.1. The molecule has 4 heteroatoms. The number of piperidine rings is 1. The Hall–Kier alpha value is -1.42. The number of benzene rings is 1. The second kappa shape index (κ2) is 4.45. The smallest absolute Gasteiger partial charge is 0.124 e. The monoisotopic (exact) mass is 233 g/mol. The maximum Gasteiger partial charge on any atom is 0.124 e. The summed E-state index contributed by atoms with van der Waals surface area (Å²) < 4.78 is 15.0. The van der Waals surface area contributed by atoms with Gasteiger partial charge in [0.2, 0.25) is 0 Å². The minimum absolute atomic E-state index is 0.195. The van der Waals surface area contributed by atoms with E-state index in [1.165, 1.54) is 18.9 Å². The molecule has 1 aliphatic heterocycles. The van der Waals surface area contributed by atoms with Gasteiger partial charge >= 0.3 is 0 Å². The highest BCUT2D eigenvalue weighted by Gasteiger charge is 2.14. The maximum atomic E-state index is 13.1. The molecule has 0 bridgehead atoms. The topological polar surface area (TPSA) is 29.9 Å². The first-order valence-corrected chi connectivity index (χ1v) is 6.15. The highest BCUT2D eigenvalue weighted by molar-refractivity contribution is 5.77. The van der Waals surface area contributed by atoms with Gasteiger partial charge in [0.1, 0.15) is 5.82 Å². The van der Waals surface area contributed by atoms with Crippen molar-refractivity contribution in [2.24, 2.45) is 5.92 Å². The molecule has 1 aliphatic rings. The van der Waals surface area contributed by atoms with Gasteiger partial charge in [-0.3, -0.25) is 4.68 Å². The van der Waals surface area contributed by atoms with Crippen molar-refractivity contribution in [2.75, 3.05) is 13.1 Å². The first-order valence-electron chi connectivity index (χ1n) is 6.15. The van der Waals surface area contributed by atoms with Crippen LogP contribution in [0.15, 0.2) is 24.4 Å². The Bertz CT molecular complexity index is 514. The second-order valence-electron chi connectivity index (χ2n) is 4.75. The van der Waals surface area contributed by atoms with Crippen LogP contribution < -0.4 is 5.32 Å². The summed E-state index contributed by atoms with van der Waals surface area (Å²) in [6.45, 7) is 3.14. The molecule has 0 atom stereocenters. The third-order valence-electron chi connectivity index (χ3n) is 3.42. The summed E-state index contributed by atoms with van der Waals surface area (Å²) in [5.41, 5.74) is 0.875. The van der Waals surface area contributed by atoms with Crippen molar-refractivity contribution in [1.29, 1.82) is 0 Å². The van der Waals surface area contributed by atoms with Crippen LogP contribution in [-0.2, 0) is 6.54 Å². The molecule has 2 heterocycles. The van der Waals surface area contributed by atoms with Crippen LogP contribution in [0.2, 0.25) is 0 Å². The quantitative estimate of drug-likeness (QED) is 0.861. The van der Waals surface area contributed by atoms with Crippen LogP contribution in [0, 0.1) is 11.7 Å². The Labute approximate surface area is 99.6 Å². The average molecular weight is 233 g/mol. The molecule has 2 aromatic rings. The highest BCUT2D eigenvalue weighted by atomic mass is 19.1. The fourth-order valence-electron chi connectivity index (χ4n) is 2.47. The summed E-state index contributed by atoms with van der Waals surface area (Å²) in [6.07, 6.45) is 4.34. The van der Waals surface area contributed by atoms with Crippen LogP contribution >= 0.6 is 0 Å². The summed E-state index contributed by atoms with van der Waals surface area (Å²) in [4.78, 5) is 0. The molecule has 3 rings (SSSR count). The van der Waals surface area contributed by atoms with Gasteiger partial charge in [-0.1, -0.05) is 0 Å². The van der Waals surface area contributed by atoms with Gasteiger partial charge in [0.15, 0.2) is 0 Å². The standard InChI is InChI=1S/C13H16FN3/c14-12-1-2-13-11(7-12)9-17(16-13)8-10-3-5-15-6-4-10/h1-2,7,9-10,15H,3-6,8H2. The van der Waals surface area contributed by atoms with E-state index >= 15 is 0 Å². The number of fused-ring (bicyclic) bond motifs is 1. The third kappa shape index (κ3) is 2.31. The third-order valence-corrected chi connectivity index (χ3v) is 3.42. The van der Waals surface area contributed by atoms with Gasteiger partial charge in [-0.2, -0.15) is 5.10 Å².